The number of hydrogen-bond donors (Lipinski definition) is 1. The summed E-state index contributed by atoms with van der Waals surface area (Å²) in [6.07, 6.45) is 0.688. The molecule has 1 heterocycles. The number of amides is 1. The Kier molecular flexibility index (Phi) is 6.29. The van der Waals surface area contributed by atoms with Crippen LogP contribution in [-0.2, 0) is 22.0 Å². The largest absolute Gasteiger partial charge is 0.507 e. The van der Waals surface area contributed by atoms with Gasteiger partial charge in [-0.05, 0) is 46.4 Å². The minimum atomic E-state index is -0.166. The van der Waals surface area contributed by atoms with Gasteiger partial charge in [-0.3, -0.25) is 4.79 Å². The molecule has 30 heavy (non-hydrogen) atoms. The van der Waals surface area contributed by atoms with Crippen LogP contribution in [-0.4, -0.2) is 27.0 Å². The Morgan fingerprint density at radius 2 is 1.57 bits per heavy atom. The van der Waals surface area contributed by atoms with E-state index in [9.17, 15) is 9.90 Å². The van der Waals surface area contributed by atoms with Gasteiger partial charge in [0.2, 0.25) is 5.91 Å². The zero-order valence-electron chi connectivity index (χ0n) is 19.3. The lowest BCUT2D eigenvalue weighted by atomic mass is 9.78. The second-order valence-corrected chi connectivity index (χ2v) is 11.6. The Labute approximate surface area is 185 Å². The van der Waals surface area contributed by atoms with E-state index in [0.717, 1.165) is 22.6 Å². The summed E-state index contributed by atoms with van der Waals surface area (Å²) in [5, 5.41) is 10.9. The molecule has 1 saturated heterocycles. The van der Waals surface area contributed by atoms with Gasteiger partial charge in [-0.2, -0.15) is 0 Å². The molecular weight excluding hydrogens is 390 g/mol. The Bertz CT molecular complexity index is 874. The minimum Gasteiger partial charge on any atom is -0.507 e. The Balaban J connectivity index is 1.87. The van der Waals surface area contributed by atoms with Gasteiger partial charge in [-0.1, -0.05) is 84.0 Å². The number of rotatable bonds is 4. The maximum absolute atomic E-state index is 13.2. The lowest BCUT2D eigenvalue weighted by Gasteiger charge is -2.28. The average Bonchev–Trinajstić information content (AvgIpc) is 3.01. The first-order valence-electron chi connectivity index (χ1n) is 10.7. The van der Waals surface area contributed by atoms with Crippen LogP contribution in [0.15, 0.2) is 42.5 Å². The van der Waals surface area contributed by atoms with E-state index in [0.29, 0.717) is 12.2 Å². The van der Waals surface area contributed by atoms with Crippen molar-refractivity contribution in [3.05, 3.63) is 64.7 Å². The Morgan fingerprint density at radius 3 is 2.07 bits per heavy atom. The van der Waals surface area contributed by atoms with E-state index in [2.05, 4.69) is 72.7 Å². The second-order valence-electron chi connectivity index (χ2n) is 10.4. The van der Waals surface area contributed by atoms with Gasteiger partial charge in [0.1, 0.15) is 5.75 Å². The fraction of sp³-hybridized carbons (Fsp3) is 0.500. The highest BCUT2D eigenvalue weighted by molar-refractivity contribution is 8.01. The number of thioether (sulfide) groups is 1. The highest BCUT2D eigenvalue weighted by atomic mass is 32.2. The summed E-state index contributed by atoms with van der Waals surface area (Å²) in [7, 11) is 0. The van der Waals surface area contributed by atoms with E-state index in [1.54, 1.807) is 11.8 Å². The molecule has 1 amide bonds. The number of aromatic hydroxyl groups is 1. The highest BCUT2D eigenvalue weighted by Gasteiger charge is 2.36. The molecule has 0 bridgehead atoms. The third kappa shape index (κ3) is 4.69. The van der Waals surface area contributed by atoms with Crippen molar-refractivity contribution in [1.29, 1.82) is 0 Å². The van der Waals surface area contributed by atoms with Crippen LogP contribution in [0.4, 0.5) is 0 Å². The van der Waals surface area contributed by atoms with Crippen molar-refractivity contribution >= 4 is 17.7 Å². The smallest absolute Gasteiger partial charge is 0.237 e. The van der Waals surface area contributed by atoms with Crippen molar-refractivity contribution < 1.29 is 9.90 Å². The summed E-state index contributed by atoms with van der Waals surface area (Å²) in [5.41, 5.74) is 3.87. The first kappa shape index (κ1) is 22.7. The van der Waals surface area contributed by atoms with Crippen LogP contribution in [0.25, 0.3) is 0 Å². The molecule has 3 nitrogen and oxygen atoms in total. The number of nitrogens with zero attached hydrogens (tertiary/aromatic N) is 1. The topological polar surface area (TPSA) is 40.5 Å². The number of hydrogen-bond acceptors (Lipinski definition) is 3. The molecule has 0 aliphatic carbocycles. The zero-order chi connectivity index (χ0) is 22.3. The normalized spacial score (nSPS) is 18.7. The van der Waals surface area contributed by atoms with Crippen LogP contribution in [0.3, 0.4) is 0 Å². The van der Waals surface area contributed by atoms with Crippen LogP contribution < -0.4 is 0 Å². The van der Waals surface area contributed by atoms with E-state index >= 15 is 0 Å². The van der Waals surface area contributed by atoms with Gasteiger partial charge in [0.05, 0.1) is 17.2 Å². The predicted octanol–water partition coefficient (Wildman–Crippen LogP) is 6.19. The van der Waals surface area contributed by atoms with Crippen molar-refractivity contribution in [2.45, 2.75) is 77.0 Å². The van der Waals surface area contributed by atoms with Crippen LogP contribution in [0.5, 0.6) is 5.75 Å². The van der Waals surface area contributed by atoms with Gasteiger partial charge in [-0.25, -0.2) is 0 Å². The third-order valence-electron chi connectivity index (χ3n) is 5.93. The molecule has 1 N–H and O–H groups in total. The zero-order valence-corrected chi connectivity index (χ0v) is 20.1. The minimum absolute atomic E-state index is 0.0753. The van der Waals surface area contributed by atoms with Crippen molar-refractivity contribution in [2.75, 3.05) is 5.88 Å². The molecular formula is C26H35NO2S. The average molecular weight is 426 g/mol. The molecule has 1 aliphatic heterocycles. The van der Waals surface area contributed by atoms with Gasteiger partial charge in [0.25, 0.3) is 0 Å². The lowest BCUT2D eigenvalue weighted by Crippen LogP contribution is -2.32. The summed E-state index contributed by atoms with van der Waals surface area (Å²) in [5.74, 6) is 1.32. The van der Waals surface area contributed by atoms with Crippen molar-refractivity contribution in [2.24, 2.45) is 0 Å². The van der Waals surface area contributed by atoms with Gasteiger partial charge < -0.3 is 10.0 Å². The molecule has 3 rings (SSSR count). The van der Waals surface area contributed by atoms with E-state index in [-0.39, 0.29) is 28.0 Å². The number of phenolic OH excluding ortho intramolecular Hbond substituents is 1. The lowest BCUT2D eigenvalue weighted by molar-refractivity contribution is -0.130. The molecule has 2 aromatic rings. The maximum Gasteiger partial charge on any atom is 0.237 e. The first-order chi connectivity index (χ1) is 13.9. The van der Waals surface area contributed by atoms with Crippen LogP contribution in [0.1, 0.15) is 76.8 Å². The molecule has 2 aromatic carbocycles. The third-order valence-corrected chi connectivity index (χ3v) is 7.13. The predicted molar refractivity (Wildman–Crippen MR) is 127 cm³/mol. The molecule has 0 saturated carbocycles. The molecule has 0 radical (unpaired) electrons. The van der Waals surface area contributed by atoms with Crippen molar-refractivity contribution in [3.8, 4) is 5.75 Å². The van der Waals surface area contributed by atoms with Gasteiger partial charge >= 0.3 is 0 Å². The summed E-state index contributed by atoms with van der Waals surface area (Å²) in [6, 6.07) is 14.5. The summed E-state index contributed by atoms with van der Waals surface area (Å²) in [6.45, 7) is 14.8. The standard InChI is InChI=1S/C26H35NO2S/c1-17(19-11-9-8-10-12-19)27-16-30-22(24(27)29)15-18-13-20(25(2,3)4)23(28)21(14-18)26(5,6)7/h8-14,17,22,28H,15-16H2,1-7H3/t17-,22?/m1/s1. The maximum atomic E-state index is 13.2. The number of carbonyl (C=O) groups is 1. The quantitative estimate of drug-likeness (QED) is 0.635. The van der Waals surface area contributed by atoms with E-state index < -0.39 is 0 Å². The van der Waals surface area contributed by atoms with E-state index in [1.807, 2.05) is 23.1 Å². The molecule has 162 valence electrons. The van der Waals surface area contributed by atoms with E-state index in [1.165, 1.54) is 5.56 Å². The van der Waals surface area contributed by atoms with Gasteiger partial charge in [0, 0.05) is 0 Å². The Morgan fingerprint density at radius 1 is 1.03 bits per heavy atom. The molecule has 1 aliphatic rings. The van der Waals surface area contributed by atoms with Gasteiger partial charge in [-0.15, -0.1) is 11.8 Å². The molecule has 0 aromatic heterocycles. The monoisotopic (exact) mass is 425 g/mol. The first-order valence-corrected chi connectivity index (χ1v) is 11.8. The van der Waals surface area contributed by atoms with Gasteiger partial charge in [0.15, 0.2) is 0 Å². The fourth-order valence-electron chi connectivity index (χ4n) is 4.02. The molecule has 0 spiro atoms. The SMILES string of the molecule is C[C@H](c1ccccc1)N1CSC(Cc2cc(C(C)(C)C)c(O)c(C(C)(C)C)c2)C1=O. The van der Waals surface area contributed by atoms with Crippen molar-refractivity contribution in [1.82, 2.24) is 4.90 Å². The summed E-state index contributed by atoms with van der Waals surface area (Å²) < 4.78 is 0. The molecule has 1 unspecified atom stereocenters. The highest BCUT2D eigenvalue weighted by Crippen LogP contribution is 2.41. The number of phenols is 1. The van der Waals surface area contributed by atoms with Crippen molar-refractivity contribution in [3.63, 3.8) is 0 Å². The number of benzene rings is 2. The fourth-order valence-corrected chi connectivity index (χ4v) is 5.30. The van der Waals surface area contributed by atoms with Crippen LogP contribution in [0.2, 0.25) is 0 Å². The van der Waals surface area contributed by atoms with Crippen LogP contribution in [0, 0.1) is 0 Å². The summed E-state index contributed by atoms with van der Waals surface area (Å²) in [4.78, 5) is 15.2. The molecule has 2 atom stereocenters. The van der Waals surface area contributed by atoms with Crippen LogP contribution >= 0.6 is 11.8 Å². The van der Waals surface area contributed by atoms with E-state index in [4.69, 9.17) is 0 Å². The number of carbonyl (C=O) groups excluding carboxylic acids is 1. The second kappa shape index (κ2) is 8.30. The Hall–Kier alpha value is -1.94. The molecule has 4 heteroatoms. The molecule has 1 fully saturated rings. The summed E-state index contributed by atoms with van der Waals surface area (Å²) >= 11 is 1.72.